The molecule has 1 heterocycles. The summed E-state index contributed by atoms with van der Waals surface area (Å²) in [5, 5.41) is 27.9. The Kier molecular flexibility index (Phi) is 12.6. The average Bonchev–Trinajstić information content (AvgIpc) is 3.40. The molecule has 0 aliphatic rings. The van der Waals surface area contributed by atoms with Crippen molar-refractivity contribution < 1.29 is 34.2 Å². The zero-order valence-corrected chi connectivity index (χ0v) is 25.1. The van der Waals surface area contributed by atoms with E-state index in [0.29, 0.717) is 23.3 Å². The molecular formula is C30H38N6O7S. The van der Waals surface area contributed by atoms with Gasteiger partial charge in [-0.2, -0.15) is 11.8 Å². The molecule has 14 heteroatoms. The minimum atomic E-state index is -1.35. The number of amides is 4. The summed E-state index contributed by atoms with van der Waals surface area (Å²) in [6.07, 6.45) is 3.47. The van der Waals surface area contributed by atoms with E-state index < -0.39 is 53.8 Å². The van der Waals surface area contributed by atoms with Crippen LogP contribution in [-0.2, 0) is 36.8 Å². The molecular weight excluding hydrogens is 588 g/mol. The number of H-pyrrole nitrogens is 1. The lowest BCUT2D eigenvalue weighted by atomic mass is 10.0. The number of thioether (sulfide) groups is 1. The van der Waals surface area contributed by atoms with Gasteiger partial charge in [0.1, 0.15) is 23.9 Å². The number of hydrogen-bond donors (Lipinski definition) is 8. The minimum absolute atomic E-state index is 0.00866. The number of carboxylic acids is 1. The molecule has 0 bridgehead atoms. The first-order valence-corrected chi connectivity index (χ1v) is 15.4. The first-order chi connectivity index (χ1) is 21.0. The van der Waals surface area contributed by atoms with Crippen molar-refractivity contribution >= 4 is 52.3 Å². The molecule has 0 aliphatic heterocycles. The standard InChI is InChI=1S/C30H38N6O7S/c1-44-13-12-21(31)27(39)34-23(10-11-26(32)38)28(40)35-24(15-18-16-33-22-5-3-2-4-20(18)22)29(41)36-25(30(42)43)14-17-6-8-19(37)9-7-17/h2-9,16,21,23-25,33,37H,10-15,31H2,1H3,(H2,32,38)(H,34,39)(H,35,40)(H,36,41)(H,42,43). The largest absolute Gasteiger partial charge is 0.508 e. The van der Waals surface area contributed by atoms with E-state index in [2.05, 4.69) is 20.9 Å². The molecule has 1 aromatic heterocycles. The third-order valence-corrected chi connectivity index (χ3v) is 7.65. The van der Waals surface area contributed by atoms with Crippen molar-refractivity contribution in [1.29, 1.82) is 0 Å². The number of nitrogens with one attached hydrogen (secondary N) is 4. The van der Waals surface area contributed by atoms with Crippen molar-refractivity contribution in [2.75, 3.05) is 12.0 Å². The quantitative estimate of drug-likeness (QED) is 0.104. The number of benzene rings is 2. The van der Waals surface area contributed by atoms with E-state index in [9.17, 15) is 34.2 Å². The van der Waals surface area contributed by atoms with E-state index in [1.807, 2.05) is 30.5 Å². The van der Waals surface area contributed by atoms with Gasteiger partial charge >= 0.3 is 5.97 Å². The monoisotopic (exact) mass is 626 g/mol. The van der Waals surface area contributed by atoms with Gasteiger partial charge in [0.25, 0.3) is 0 Å². The van der Waals surface area contributed by atoms with E-state index in [1.165, 1.54) is 23.9 Å². The molecule has 0 aliphatic carbocycles. The number of aromatic nitrogens is 1. The number of primary amides is 1. The summed E-state index contributed by atoms with van der Waals surface area (Å²) in [5.41, 5.74) is 13.3. The van der Waals surface area contributed by atoms with Gasteiger partial charge in [-0.1, -0.05) is 30.3 Å². The summed E-state index contributed by atoms with van der Waals surface area (Å²) in [6.45, 7) is 0. The van der Waals surface area contributed by atoms with E-state index in [4.69, 9.17) is 11.5 Å². The number of para-hydroxylation sites is 1. The van der Waals surface area contributed by atoms with Crippen molar-refractivity contribution in [2.24, 2.45) is 11.5 Å². The van der Waals surface area contributed by atoms with Gasteiger partial charge in [0, 0.05) is 36.4 Å². The van der Waals surface area contributed by atoms with Gasteiger partial charge in [-0.3, -0.25) is 19.2 Å². The normalized spacial score (nSPS) is 13.8. The Hall–Kier alpha value is -4.56. The number of phenolic OH excluding ortho intramolecular Hbond substituents is 1. The van der Waals surface area contributed by atoms with Crippen molar-refractivity contribution in [3.05, 3.63) is 65.9 Å². The van der Waals surface area contributed by atoms with Crippen LogP contribution in [0.5, 0.6) is 5.75 Å². The van der Waals surface area contributed by atoms with Gasteiger partial charge in [0.05, 0.1) is 6.04 Å². The van der Waals surface area contributed by atoms with Gasteiger partial charge < -0.3 is 42.6 Å². The average molecular weight is 627 g/mol. The third kappa shape index (κ3) is 10.0. The lowest BCUT2D eigenvalue weighted by Crippen LogP contribution is -2.58. The molecule has 44 heavy (non-hydrogen) atoms. The molecule has 0 radical (unpaired) electrons. The fourth-order valence-corrected chi connectivity index (χ4v) is 5.04. The number of phenols is 1. The van der Waals surface area contributed by atoms with Crippen LogP contribution in [0, 0.1) is 0 Å². The summed E-state index contributed by atoms with van der Waals surface area (Å²) in [7, 11) is 0. The number of aliphatic carboxylic acids is 1. The second-order valence-electron chi connectivity index (χ2n) is 10.3. The smallest absolute Gasteiger partial charge is 0.326 e. The minimum Gasteiger partial charge on any atom is -0.508 e. The SMILES string of the molecule is CSCCC(N)C(=O)NC(CCC(N)=O)C(=O)NC(Cc1c[nH]c2ccccc12)C(=O)NC(Cc1ccc(O)cc1)C(=O)O. The summed E-state index contributed by atoms with van der Waals surface area (Å²) in [6, 6.07) is 8.50. The summed E-state index contributed by atoms with van der Waals surface area (Å²) in [5.74, 6) is -3.48. The van der Waals surface area contributed by atoms with Crippen LogP contribution in [0.2, 0.25) is 0 Å². The van der Waals surface area contributed by atoms with Gasteiger partial charge in [0.15, 0.2) is 0 Å². The van der Waals surface area contributed by atoms with Crippen LogP contribution >= 0.6 is 11.8 Å². The lowest BCUT2D eigenvalue weighted by molar-refractivity contribution is -0.142. The molecule has 2 aromatic carbocycles. The molecule has 0 saturated heterocycles. The zero-order chi connectivity index (χ0) is 32.2. The van der Waals surface area contributed by atoms with Gasteiger partial charge in [-0.25, -0.2) is 4.79 Å². The number of rotatable bonds is 17. The number of nitrogens with two attached hydrogens (primary N) is 2. The number of carbonyl (C=O) groups excluding carboxylic acids is 4. The molecule has 0 fully saturated rings. The van der Waals surface area contributed by atoms with Crippen molar-refractivity contribution in [3.63, 3.8) is 0 Å². The maximum absolute atomic E-state index is 13.6. The zero-order valence-electron chi connectivity index (χ0n) is 24.2. The lowest BCUT2D eigenvalue weighted by Gasteiger charge is -2.25. The highest BCUT2D eigenvalue weighted by molar-refractivity contribution is 7.98. The summed E-state index contributed by atoms with van der Waals surface area (Å²) in [4.78, 5) is 66.6. The Labute approximate surface area is 258 Å². The number of hydrogen-bond acceptors (Lipinski definition) is 8. The van der Waals surface area contributed by atoms with Crippen LogP contribution in [0.15, 0.2) is 54.7 Å². The second-order valence-corrected chi connectivity index (χ2v) is 11.3. The number of carboxylic acid groups (broad SMARTS) is 1. The summed E-state index contributed by atoms with van der Waals surface area (Å²) < 4.78 is 0. The third-order valence-electron chi connectivity index (χ3n) is 7.00. The Morgan fingerprint density at radius 1 is 0.864 bits per heavy atom. The number of aromatic hydroxyl groups is 1. The number of carbonyl (C=O) groups is 5. The van der Waals surface area contributed by atoms with Crippen molar-refractivity contribution in [3.8, 4) is 5.75 Å². The molecule has 236 valence electrons. The molecule has 0 saturated carbocycles. The van der Waals surface area contributed by atoms with Crippen LogP contribution in [0.4, 0.5) is 0 Å². The fraction of sp³-hybridized carbons (Fsp3) is 0.367. The van der Waals surface area contributed by atoms with Crippen molar-refractivity contribution in [2.45, 2.75) is 56.3 Å². The van der Waals surface area contributed by atoms with Crippen molar-refractivity contribution in [1.82, 2.24) is 20.9 Å². The topological polar surface area (TPSA) is 230 Å². The molecule has 4 amide bonds. The molecule has 0 spiro atoms. The molecule has 3 rings (SSSR count). The highest BCUT2D eigenvalue weighted by atomic mass is 32.2. The predicted molar refractivity (Wildman–Crippen MR) is 167 cm³/mol. The Morgan fingerprint density at radius 2 is 1.50 bits per heavy atom. The van der Waals surface area contributed by atoms with Crippen LogP contribution < -0.4 is 27.4 Å². The van der Waals surface area contributed by atoms with E-state index in [0.717, 1.165) is 10.9 Å². The first-order valence-electron chi connectivity index (χ1n) is 14.0. The Balaban J connectivity index is 1.86. The number of aromatic amines is 1. The maximum Gasteiger partial charge on any atom is 0.326 e. The Morgan fingerprint density at radius 3 is 2.16 bits per heavy atom. The summed E-state index contributed by atoms with van der Waals surface area (Å²) >= 11 is 1.51. The highest BCUT2D eigenvalue weighted by Gasteiger charge is 2.31. The van der Waals surface area contributed by atoms with Gasteiger partial charge in [-0.05, 0) is 54.2 Å². The maximum atomic E-state index is 13.6. The van der Waals surface area contributed by atoms with Crippen LogP contribution in [0.25, 0.3) is 10.9 Å². The predicted octanol–water partition coefficient (Wildman–Crippen LogP) is 0.544. The van der Waals surface area contributed by atoms with E-state index in [1.54, 1.807) is 18.3 Å². The molecule has 10 N–H and O–H groups in total. The molecule has 4 unspecified atom stereocenters. The van der Waals surface area contributed by atoms with Gasteiger partial charge in [-0.15, -0.1) is 0 Å². The Bertz CT molecular complexity index is 1460. The molecule has 4 atom stereocenters. The van der Waals surface area contributed by atoms with Gasteiger partial charge in [0.2, 0.25) is 23.6 Å². The fourth-order valence-electron chi connectivity index (χ4n) is 4.55. The molecule has 3 aromatic rings. The van der Waals surface area contributed by atoms with Crippen LogP contribution in [-0.4, -0.2) is 81.0 Å². The van der Waals surface area contributed by atoms with Crippen LogP contribution in [0.3, 0.4) is 0 Å². The highest BCUT2D eigenvalue weighted by Crippen LogP contribution is 2.20. The van der Waals surface area contributed by atoms with E-state index >= 15 is 0 Å². The molecule has 13 nitrogen and oxygen atoms in total. The second kappa shape index (κ2) is 16.3. The van der Waals surface area contributed by atoms with Crippen LogP contribution in [0.1, 0.15) is 30.4 Å². The number of fused-ring (bicyclic) bond motifs is 1. The first kappa shape index (κ1) is 33.9. The van der Waals surface area contributed by atoms with E-state index in [-0.39, 0.29) is 31.4 Å².